The summed E-state index contributed by atoms with van der Waals surface area (Å²) >= 11 is 0. The number of carboxylic acids is 2. The molecule has 13 nitrogen and oxygen atoms in total. The molecule has 0 fully saturated rings. The highest BCUT2D eigenvalue weighted by Gasteiger charge is 2.31. The Balaban J connectivity index is 2.19. The molecule has 202 valence electrons. The molecular formula is C24H34N6O7. The van der Waals surface area contributed by atoms with Gasteiger partial charge < -0.3 is 42.6 Å². The van der Waals surface area contributed by atoms with Gasteiger partial charge in [-0.15, -0.1) is 0 Å². The second-order valence-corrected chi connectivity index (χ2v) is 8.76. The Hall–Kier alpha value is -3.97. The average Bonchev–Trinajstić information content (AvgIpc) is 3.24. The molecule has 3 amide bonds. The van der Waals surface area contributed by atoms with Crippen molar-refractivity contribution in [2.24, 2.45) is 11.5 Å². The van der Waals surface area contributed by atoms with E-state index in [9.17, 15) is 29.1 Å². The lowest BCUT2D eigenvalue weighted by atomic mass is 10.0. The molecule has 2 aromatic rings. The van der Waals surface area contributed by atoms with Gasteiger partial charge in [0.2, 0.25) is 17.7 Å². The second kappa shape index (κ2) is 13.9. The number of aromatic nitrogens is 1. The molecule has 4 atom stereocenters. The summed E-state index contributed by atoms with van der Waals surface area (Å²) in [5, 5.41) is 26.9. The van der Waals surface area contributed by atoms with Crippen LogP contribution in [0.4, 0.5) is 0 Å². The number of nitrogens with two attached hydrogens (primary N) is 2. The zero-order chi connectivity index (χ0) is 27.5. The summed E-state index contributed by atoms with van der Waals surface area (Å²) in [7, 11) is 0. The number of carbonyl (C=O) groups excluding carboxylic acids is 3. The molecule has 0 radical (unpaired) electrons. The predicted octanol–water partition coefficient (Wildman–Crippen LogP) is -0.800. The lowest BCUT2D eigenvalue weighted by molar-refractivity contribution is -0.143. The molecule has 13 heteroatoms. The van der Waals surface area contributed by atoms with Gasteiger partial charge in [0, 0.05) is 23.5 Å². The third kappa shape index (κ3) is 8.88. The zero-order valence-electron chi connectivity index (χ0n) is 20.5. The fourth-order valence-corrected chi connectivity index (χ4v) is 3.71. The van der Waals surface area contributed by atoms with E-state index in [1.54, 1.807) is 6.20 Å². The molecule has 1 heterocycles. The number of nitrogens with one attached hydrogen (secondary N) is 4. The Labute approximate surface area is 213 Å². The van der Waals surface area contributed by atoms with Crippen LogP contribution in [0, 0.1) is 0 Å². The van der Waals surface area contributed by atoms with E-state index in [1.165, 1.54) is 6.92 Å². The van der Waals surface area contributed by atoms with Gasteiger partial charge in [-0.2, -0.15) is 0 Å². The Bertz CT molecular complexity index is 1120. The van der Waals surface area contributed by atoms with Gasteiger partial charge in [0.25, 0.3) is 0 Å². The maximum atomic E-state index is 13.1. The van der Waals surface area contributed by atoms with Gasteiger partial charge in [0.15, 0.2) is 0 Å². The van der Waals surface area contributed by atoms with Crippen LogP contribution in [-0.2, 0) is 30.4 Å². The first-order chi connectivity index (χ1) is 17.5. The first kappa shape index (κ1) is 29.3. The summed E-state index contributed by atoms with van der Waals surface area (Å²) in [6, 6.07) is 2.36. The van der Waals surface area contributed by atoms with E-state index in [2.05, 4.69) is 20.9 Å². The lowest BCUT2D eigenvalue weighted by Crippen LogP contribution is -2.57. The van der Waals surface area contributed by atoms with Gasteiger partial charge in [-0.1, -0.05) is 18.2 Å². The van der Waals surface area contributed by atoms with Crippen LogP contribution >= 0.6 is 0 Å². The monoisotopic (exact) mass is 518 g/mol. The van der Waals surface area contributed by atoms with Crippen LogP contribution in [0.5, 0.6) is 0 Å². The number of hydrogen-bond acceptors (Lipinski definition) is 7. The van der Waals surface area contributed by atoms with E-state index in [1.807, 2.05) is 24.3 Å². The van der Waals surface area contributed by atoms with Gasteiger partial charge in [-0.3, -0.25) is 19.2 Å². The molecule has 0 aliphatic rings. The van der Waals surface area contributed by atoms with E-state index >= 15 is 0 Å². The molecule has 1 aromatic carbocycles. The minimum Gasteiger partial charge on any atom is -0.481 e. The highest BCUT2D eigenvalue weighted by atomic mass is 16.4. The maximum Gasteiger partial charge on any atom is 0.326 e. The predicted molar refractivity (Wildman–Crippen MR) is 134 cm³/mol. The second-order valence-electron chi connectivity index (χ2n) is 8.76. The molecular weight excluding hydrogens is 484 g/mol. The highest BCUT2D eigenvalue weighted by Crippen LogP contribution is 2.19. The highest BCUT2D eigenvalue weighted by molar-refractivity contribution is 5.95. The van der Waals surface area contributed by atoms with Crippen molar-refractivity contribution in [3.63, 3.8) is 0 Å². The van der Waals surface area contributed by atoms with Crippen LogP contribution in [0.25, 0.3) is 10.9 Å². The Morgan fingerprint density at radius 1 is 0.919 bits per heavy atom. The van der Waals surface area contributed by atoms with Crippen molar-refractivity contribution in [2.45, 2.75) is 63.2 Å². The summed E-state index contributed by atoms with van der Waals surface area (Å²) in [4.78, 5) is 64.2. The normalized spacial score (nSPS) is 14.2. The van der Waals surface area contributed by atoms with Crippen LogP contribution < -0.4 is 27.4 Å². The quantitative estimate of drug-likeness (QED) is 0.138. The maximum absolute atomic E-state index is 13.1. The average molecular weight is 519 g/mol. The number of unbranched alkanes of at least 4 members (excludes halogenated alkanes) is 1. The Morgan fingerprint density at radius 2 is 1.54 bits per heavy atom. The van der Waals surface area contributed by atoms with E-state index in [-0.39, 0.29) is 12.8 Å². The van der Waals surface area contributed by atoms with Crippen molar-refractivity contribution in [3.8, 4) is 0 Å². The number of fused-ring (bicyclic) bond motifs is 1. The number of carboxylic acid groups (broad SMARTS) is 2. The molecule has 0 saturated heterocycles. The van der Waals surface area contributed by atoms with Crippen LogP contribution in [0.2, 0.25) is 0 Å². The lowest BCUT2D eigenvalue weighted by Gasteiger charge is -2.24. The van der Waals surface area contributed by atoms with E-state index < -0.39 is 60.2 Å². The smallest absolute Gasteiger partial charge is 0.326 e. The third-order valence-corrected chi connectivity index (χ3v) is 5.72. The Morgan fingerprint density at radius 3 is 2.16 bits per heavy atom. The molecule has 4 unspecified atom stereocenters. The number of hydrogen-bond donors (Lipinski definition) is 8. The molecule has 1 aromatic heterocycles. The fourth-order valence-electron chi connectivity index (χ4n) is 3.71. The SMILES string of the molecule is CC(N)C(=O)NC(CC(=O)O)C(=O)NC(CCCCN)C(=O)NC(Cc1c[nH]c2ccccc12)C(=O)O. The topological polar surface area (TPSA) is 230 Å². The van der Waals surface area contributed by atoms with E-state index in [4.69, 9.17) is 16.6 Å². The molecule has 0 saturated carbocycles. The molecule has 37 heavy (non-hydrogen) atoms. The molecule has 2 rings (SSSR count). The van der Waals surface area contributed by atoms with Crippen molar-refractivity contribution < 1.29 is 34.2 Å². The van der Waals surface area contributed by atoms with Crippen molar-refractivity contribution in [1.29, 1.82) is 0 Å². The minimum atomic E-state index is -1.48. The number of amides is 3. The van der Waals surface area contributed by atoms with Crippen LogP contribution in [0.15, 0.2) is 30.5 Å². The molecule has 0 spiro atoms. The van der Waals surface area contributed by atoms with Crippen molar-refractivity contribution >= 4 is 40.6 Å². The van der Waals surface area contributed by atoms with E-state index in [0.717, 1.165) is 10.9 Å². The largest absolute Gasteiger partial charge is 0.481 e. The first-order valence-electron chi connectivity index (χ1n) is 11.9. The number of para-hydroxylation sites is 1. The zero-order valence-corrected chi connectivity index (χ0v) is 20.5. The fraction of sp³-hybridized carbons (Fsp3) is 0.458. The Kier molecular flexibility index (Phi) is 11.0. The summed E-state index contributed by atoms with van der Waals surface area (Å²) < 4.78 is 0. The van der Waals surface area contributed by atoms with Crippen LogP contribution in [0.1, 0.15) is 38.2 Å². The number of aliphatic carboxylic acids is 2. The van der Waals surface area contributed by atoms with Crippen molar-refractivity contribution in [3.05, 3.63) is 36.0 Å². The van der Waals surface area contributed by atoms with Gasteiger partial charge in [-0.25, -0.2) is 4.79 Å². The molecule has 10 N–H and O–H groups in total. The number of aromatic amines is 1. The van der Waals surface area contributed by atoms with Crippen LogP contribution in [-0.4, -0.2) is 75.6 Å². The number of carbonyl (C=O) groups is 5. The number of H-pyrrole nitrogens is 1. The molecule has 0 bridgehead atoms. The summed E-state index contributed by atoms with van der Waals surface area (Å²) in [6.07, 6.45) is 2.02. The van der Waals surface area contributed by atoms with Gasteiger partial charge >= 0.3 is 11.9 Å². The number of rotatable bonds is 15. The van der Waals surface area contributed by atoms with Gasteiger partial charge in [0.1, 0.15) is 18.1 Å². The van der Waals surface area contributed by atoms with Crippen molar-refractivity contribution in [1.82, 2.24) is 20.9 Å². The summed E-state index contributed by atoms with van der Waals surface area (Å²) in [5.74, 6) is -5.02. The van der Waals surface area contributed by atoms with Crippen LogP contribution in [0.3, 0.4) is 0 Å². The van der Waals surface area contributed by atoms with Gasteiger partial charge in [0.05, 0.1) is 12.5 Å². The van der Waals surface area contributed by atoms with Gasteiger partial charge in [-0.05, 0) is 44.4 Å². The van der Waals surface area contributed by atoms with E-state index in [0.29, 0.717) is 24.9 Å². The minimum absolute atomic E-state index is 0.0133. The van der Waals surface area contributed by atoms with Crippen molar-refractivity contribution in [2.75, 3.05) is 6.54 Å². The molecule has 0 aliphatic heterocycles. The standard InChI is InChI=1S/C24H34N6O7/c1-13(26)21(33)29-18(11-20(31)32)23(35)28-17(8-4-5-9-25)22(34)30-19(24(36)37)10-14-12-27-16-7-3-2-6-15(14)16/h2-3,6-7,12-13,17-19,27H,4-5,8-11,25-26H2,1H3,(H,28,35)(H,29,33)(H,30,34)(H,31,32)(H,36,37). The molecule has 0 aliphatic carbocycles. The third-order valence-electron chi connectivity index (χ3n) is 5.72. The summed E-state index contributed by atoms with van der Waals surface area (Å²) in [5.41, 5.74) is 12.5. The summed E-state index contributed by atoms with van der Waals surface area (Å²) in [6.45, 7) is 1.71. The number of benzene rings is 1. The first-order valence-corrected chi connectivity index (χ1v) is 11.9.